The van der Waals surface area contributed by atoms with Crippen LogP contribution in [-0.2, 0) is 9.53 Å². The highest BCUT2D eigenvalue weighted by molar-refractivity contribution is 5.72. The monoisotopic (exact) mass is 382 g/mol. The van der Waals surface area contributed by atoms with Crippen molar-refractivity contribution >= 4 is 28.7 Å². The SMILES string of the molecule is C=C(C)CC(=O)OCCN(C)c1ccc(N=Nc2ccc([N+](=O)[O-])cc2)cc1. The molecule has 0 N–H and O–H groups in total. The van der Waals surface area contributed by atoms with Crippen LogP contribution in [0.1, 0.15) is 13.3 Å². The first-order valence-electron chi connectivity index (χ1n) is 8.62. The van der Waals surface area contributed by atoms with Gasteiger partial charge in [-0.25, -0.2) is 0 Å². The second-order valence-corrected chi connectivity index (χ2v) is 6.27. The lowest BCUT2D eigenvalue weighted by atomic mass is 10.2. The second-order valence-electron chi connectivity index (χ2n) is 6.27. The van der Waals surface area contributed by atoms with Crippen molar-refractivity contribution in [2.45, 2.75) is 13.3 Å². The van der Waals surface area contributed by atoms with Gasteiger partial charge in [-0.3, -0.25) is 14.9 Å². The van der Waals surface area contributed by atoms with Gasteiger partial charge in [0.25, 0.3) is 5.69 Å². The van der Waals surface area contributed by atoms with Gasteiger partial charge in [-0.15, -0.1) is 0 Å². The number of non-ortho nitro benzene ring substituents is 1. The van der Waals surface area contributed by atoms with Crippen LogP contribution in [0.2, 0.25) is 0 Å². The van der Waals surface area contributed by atoms with E-state index in [9.17, 15) is 14.9 Å². The Labute approximate surface area is 163 Å². The normalized spacial score (nSPS) is 10.6. The minimum absolute atomic E-state index is 0.0108. The zero-order valence-electron chi connectivity index (χ0n) is 15.9. The molecule has 0 bridgehead atoms. The van der Waals surface area contributed by atoms with Crippen LogP contribution in [0.3, 0.4) is 0 Å². The first kappa shape index (κ1) is 20.8. The fourth-order valence-corrected chi connectivity index (χ4v) is 2.25. The van der Waals surface area contributed by atoms with Gasteiger partial charge in [0.1, 0.15) is 6.61 Å². The maximum Gasteiger partial charge on any atom is 0.309 e. The molecule has 0 saturated carbocycles. The molecular weight excluding hydrogens is 360 g/mol. The number of benzene rings is 2. The zero-order valence-corrected chi connectivity index (χ0v) is 15.9. The summed E-state index contributed by atoms with van der Waals surface area (Å²) >= 11 is 0. The highest BCUT2D eigenvalue weighted by Crippen LogP contribution is 2.23. The molecule has 8 heteroatoms. The number of hydrogen-bond acceptors (Lipinski definition) is 7. The van der Waals surface area contributed by atoms with Gasteiger partial charge in [0, 0.05) is 24.9 Å². The number of likely N-dealkylation sites (N-methyl/N-ethyl adjacent to an activating group) is 1. The molecule has 2 aromatic rings. The van der Waals surface area contributed by atoms with Crippen LogP contribution in [0.25, 0.3) is 0 Å². The van der Waals surface area contributed by atoms with Crippen LogP contribution < -0.4 is 4.90 Å². The molecule has 0 heterocycles. The Morgan fingerprint density at radius 3 is 2.14 bits per heavy atom. The molecule has 2 aromatic carbocycles. The number of esters is 1. The minimum atomic E-state index is -0.461. The highest BCUT2D eigenvalue weighted by atomic mass is 16.6. The van der Waals surface area contributed by atoms with Gasteiger partial charge < -0.3 is 9.64 Å². The van der Waals surface area contributed by atoms with Crippen molar-refractivity contribution in [3.8, 4) is 0 Å². The van der Waals surface area contributed by atoms with Crippen molar-refractivity contribution in [2.24, 2.45) is 10.2 Å². The predicted molar refractivity (Wildman–Crippen MR) is 107 cm³/mol. The topological polar surface area (TPSA) is 97.4 Å². The Morgan fingerprint density at radius 1 is 1.11 bits per heavy atom. The summed E-state index contributed by atoms with van der Waals surface area (Å²) in [6, 6.07) is 13.3. The van der Waals surface area contributed by atoms with Crippen LogP contribution in [0.4, 0.5) is 22.7 Å². The number of nitro benzene ring substituents is 1. The van der Waals surface area contributed by atoms with E-state index in [0.717, 1.165) is 11.3 Å². The van der Waals surface area contributed by atoms with Crippen molar-refractivity contribution in [3.05, 3.63) is 70.8 Å². The van der Waals surface area contributed by atoms with Crippen molar-refractivity contribution in [2.75, 3.05) is 25.1 Å². The van der Waals surface area contributed by atoms with Gasteiger partial charge in [-0.05, 0) is 43.3 Å². The fourth-order valence-electron chi connectivity index (χ4n) is 2.25. The smallest absolute Gasteiger partial charge is 0.309 e. The molecule has 0 amide bonds. The molecule has 0 unspecified atom stereocenters. The Bertz CT molecular complexity index is 861. The Morgan fingerprint density at radius 2 is 1.64 bits per heavy atom. The van der Waals surface area contributed by atoms with Gasteiger partial charge in [-0.2, -0.15) is 10.2 Å². The standard InChI is InChI=1S/C20H22N4O4/c1-15(2)14-20(25)28-13-12-23(3)18-8-4-16(5-9-18)21-22-17-6-10-19(11-7-17)24(26)27/h4-11H,1,12-14H2,2-3H3. The molecule has 0 radical (unpaired) electrons. The number of nitro groups is 1. The van der Waals surface area contributed by atoms with E-state index in [1.807, 2.05) is 36.2 Å². The summed E-state index contributed by atoms with van der Waals surface area (Å²) in [5, 5.41) is 18.8. The quantitative estimate of drug-likeness (QED) is 0.201. The number of carbonyl (C=O) groups is 1. The third-order valence-electron chi connectivity index (χ3n) is 3.77. The van der Waals surface area contributed by atoms with E-state index >= 15 is 0 Å². The van der Waals surface area contributed by atoms with Crippen LogP contribution in [0, 0.1) is 10.1 Å². The minimum Gasteiger partial charge on any atom is -0.464 e. The summed E-state index contributed by atoms with van der Waals surface area (Å²) in [5.41, 5.74) is 2.92. The van der Waals surface area contributed by atoms with E-state index in [1.165, 1.54) is 12.1 Å². The Balaban J connectivity index is 1.87. The molecule has 0 aliphatic carbocycles. The zero-order chi connectivity index (χ0) is 20.5. The van der Waals surface area contributed by atoms with Crippen LogP contribution in [-0.4, -0.2) is 31.1 Å². The maximum atomic E-state index is 11.5. The average Bonchev–Trinajstić information content (AvgIpc) is 2.66. The number of ether oxygens (including phenoxy) is 1. The van der Waals surface area contributed by atoms with Crippen molar-refractivity contribution in [3.63, 3.8) is 0 Å². The molecule has 0 atom stereocenters. The van der Waals surface area contributed by atoms with E-state index < -0.39 is 4.92 Å². The lowest BCUT2D eigenvalue weighted by molar-refractivity contribution is -0.384. The first-order chi connectivity index (χ1) is 13.3. The van der Waals surface area contributed by atoms with Gasteiger partial charge in [-0.1, -0.05) is 12.2 Å². The molecule has 0 fully saturated rings. The lowest BCUT2D eigenvalue weighted by Gasteiger charge is -2.19. The predicted octanol–water partition coefficient (Wildman–Crippen LogP) is 4.96. The van der Waals surface area contributed by atoms with Gasteiger partial charge >= 0.3 is 5.97 Å². The molecule has 0 aliphatic heterocycles. The highest BCUT2D eigenvalue weighted by Gasteiger charge is 2.06. The Kier molecular flexibility index (Phi) is 7.38. The third kappa shape index (κ3) is 6.64. The van der Waals surface area contributed by atoms with Crippen LogP contribution in [0.15, 0.2) is 70.9 Å². The fraction of sp³-hybridized carbons (Fsp3) is 0.250. The summed E-state index contributed by atoms with van der Waals surface area (Å²) < 4.78 is 5.16. The summed E-state index contributed by atoms with van der Waals surface area (Å²) in [7, 11) is 1.90. The third-order valence-corrected chi connectivity index (χ3v) is 3.77. The van der Waals surface area contributed by atoms with Gasteiger partial charge in [0.05, 0.1) is 29.3 Å². The number of azo groups is 1. The maximum absolute atomic E-state index is 11.5. The molecule has 28 heavy (non-hydrogen) atoms. The molecule has 0 aliphatic rings. The van der Waals surface area contributed by atoms with E-state index in [4.69, 9.17) is 4.74 Å². The number of anilines is 1. The lowest BCUT2D eigenvalue weighted by Crippen LogP contribution is -2.23. The molecular formula is C20H22N4O4. The summed E-state index contributed by atoms with van der Waals surface area (Å²) in [6.07, 6.45) is 0.234. The van der Waals surface area contributed by atoms with E-state index in [2.05, 4.69) is 16.8 Å². The van der Waals surface area contributed by atoms with Crippen molar-refractivity contribution in [1.82, 2.24) is 0 Å². The Hall–Kier alpha value is -3.55. The van der Waals surface area contributed by atoms with Gasteiger partial charge in [0.2, 0.25) is 0 Å². The van der Waals surface area contributed by atoms with E-state index in [0.29, 0.717) is 24.5 Å². The van der Waals surface area contributed by atoms with Crippen LogP contribution in [0.5, 0.6) is 0 Å². The number of nitrogens with zero attached hydrogens (tertiary/aromatic N) is 4. The van der Waals surface area contributed by atoms with E-state index in [-0.39, 0.29) is 18.1 Å². The second kappa shape index (κ2) is 9.96. The molecule has 0 saturated heterocycles. The van der Waals surface area contributed by atoms with Crippen molar-refractivity contribution in [1.29, 1.82) is 0 Å². The molecule has 8 nitrogen and oxygen atoms in total. The summed E-state index contributed by atoms with van der Waals surface area (Å²) in [4.78, 5) is 23.6. The van der Waals surface area contributed by atoms with Crippen molar-refractivity contribution < 1.29 is 14.5 Å². The molecule has 0 spiro atoms. The summed E-state index contributed by atoms with van der Waals surface area (Å²) in [6.45, 7) is 6.33. The van der Waals surface area contributed by atoms with Crippen LogP contribution >= 0.6 is 0 Å². The molecule has 146 valence electrons. The molecule has 0 aromatic heterocycles. The number of carbonyl (C=O) groups excluding carboxylic acids is 1. The van der Waals surface area contributed by atoms with Gasteiger partial charge in [0.15, 0.2) is 0 Å². The largest absolute Gasteiger partial charge is 0.464 e. The number of hydrogen-bond donors (Lipinski definition) is 0. The van der Waals surface area contributed by atoms with E-state index in [1.54, 1.807) is 19.1 Å². The first-order valence-corrected chi connectivity index (χ1v) is 8.62. The summed E-state index contributed by atoms with van der Waals surface area (Å²) in [5.74, 6) is -0.275. The number of rotatable bonds is 9. The molecule has 2 rings (SSSR count). The average molecular weight is 382 g/mol.